The monoisotopic (exact) mass is 304 g/mol. The Morgan fingerprint density at radius 1 is 1.09 bits per heavy atom. The minimum atomic E-state index is -4.44. The normalized spacial score (nSPS) is 10.5. The van der Waals surface area contributed by atoms with Gasteiger partial charge in [-0.05, 0) is 36.3 Å². The van der Waals surface area contributed by atoms with E-state index in [-0.39, 0.29) is 11.1 Å². The maximum Gasteiger partial charge on any atom is 0.416 e. The lowest BCUT2D eigenvalue weighted by Crippen LogP contribution is -2.04. The zero-order valence-corrected chi connectivity index (χ0v) is 11.6. The summed E-state index contributed by atoms with van der Waals surface area (Å²) in [6.45, 7) is 0. The number of Topliss-reactive ketones (excluding diaryl/α,β-unsaturated/α-hetero) is 1. The van der Waals surface area contributed by atoms with Gasteiger partial charge in [0.1, 0.15) is 5.75 Å². The lowest BCUT2D eigenvalue weighted by Gasteiger charge is -2.05. The maximum absolute atomic E-state index is 12.6. The minimum absolute atomic E-state index is 0.123. The summed E-state index contributed by atoms with van der Waals surface area (Å²) in [5, 5.41) is 0. The van der Waals surface area contributed by atoms with Gasteiger partial charge in [0.2, 0.25) is 5.78 Å². The van der Waals surface area contributed by atoms with Crippen LogP contribution < -0.4 is 4.74 Å². The first-order valence-electron chi connectivity index (χ1n) is 6.28. The number of ether oxygens (including phenoxy) is 1. The topological polar surface area (TPSA) is 26.3 Å². The summed E-state index contributed by atoms with van der Waals surface area (Å²) in [6, 6.07) is 11.0. The van der Waals surface area contributed by atoms with E-state index in [1.165, 1.54) is 19.2 Å². The van der Waals surface area contributed by atoms with Gasteiger partial charge in [-0.25, -0.2) is 0 Å². The van der Waals surface area contributed by atoms with Gasteiger partial charge in [0.05, 0.1) is 18.2 Å². The largest absolute Gasteiger partial charge is 0.496 e. The molecule has 0 N–H and O–H groups in total. The van der Waals surface area contributed by atoms with E-state index in [2.05, 4.69) is 11.8 Å². The Morgan fingerprint density at radius 3 is 2.50 bits per heavy atom. The van der Waals surface area contributed by atoms with Crippen LogP contribution in [0.4, 0.5) is 13.2 Å². The van der Waals surface area contributed by atoms with Gasteiger partial charge < -0.3 is 4.74 Å². The molecule has 0 radical (unpaired) electrons. The lowest BCUT2D eigenvalue weighted by molar-refractivity contribution is -0.137. The maximum atomic E-state index is 12.6. The van der Waals surface area contributed by atoms with Gasteiger partial charge >= 0.3 is 6.18 Å². The van der Waals surface area contributed by atoms with Gasteiger partial charge in [0.25, 0.3) is 0 Å². The summed E-state index contributed by atoms with van der Waals surface area (Å²) in [7, 11) is 1.42. The second-order valence-electron chi connectivity index (χ2n) is 4.36. The van der Waals surface area contributed by atoms with Crippen LogP contribution >= 0.6 is 0 Å². The van der Waals surface area contributed by atoms with E-state index < -0.39 is 17.5 Å². The number of carbonyl (C=O) groups is 1. The van der Waals surface area contributed by atoms with Crippen molar-refractivity contribution in [1.29, 1.82) is 0 Å². The average molecular weight is 304 g/mol. The molecule has 0 spiro atoms. The van der Waals surface area contributed by atoms with E-state index in [0.29, 0.717) is 5.75 Å². The lowest BCUT2D eigenvalue weighted by atomic mass is 10.1. The van der Waals surface area contributed by atoms with Crippen LogP contribution in [-0.2, 0) is 6.18 Å². The number of rotatable bonds is 2. The molecule has 0 heterocycles. The summed E-state index contributed by atoms with van der Waals surface area (Å²) in [5.74, 6) is 4.63. The predicted molar refractivity (Wildman–Crippen MR) is 75.6 cm³/mol. The van der Waals surface area contributed by atoms with Crippen LogP contribution in [0.2, 0.25) is 0 Å². The molecule has 0 unspecified atom stereocenters. The number of methoxy groups -OCH3 is 1. The number of halogens is 3. The molecule has 0 amide bonds. The molecule has 0 aliphatic rings. The zero-order chi connectivity index (χ0) is 16.2. The first-order chi connectivity index (χ1) is 10.4. The van der Waals surface area contributed by atoms with Gasteiger partial charge in [-0.3, -0.25) is 4.79 Å². The minimum Gasteiger partial charge on any atom is -0.496 e. The van der Waals surface area contributed by atoms with E-state index in [1.54, 1.807) is 24.3 Å². The molecule has 0 saturated carbocycles. The molecular weight excluding hydrogens is 293 g/mol. The molecule has 0 aromatic heterocycles. The SMILES string of the molecule is COc1ccccc1C(=O)C#Cc1cccc(C(F)(F)F)c1. The van der Waals surface area contributed by atoms with Gasteiger partial charge in [0.15, 0.2) is 0 Å². The molecule has 2 nitrogen and oxygen atoms in total. The summed E-state index contributed by atoms with van der Waals surface area (Å²) >= 11 is 0. The predicted octanol–water partition coefficient (Wildman–Crippen LogP) is 3.95. The summed E-state index contributed by atoms with van der Waals surface area (Å²) in [4.78, 5) is 12.0. The smallest absolute Gasteiger partial charge is 0.416 e. The number of hydrogen-bond acceptors (Lipinski definition) is 2. The molecule has 0 bridgehead atoms. The van der Waals surface area contributed by atoms with Crippen molar-refractivity contribution in [2.45, 2.75) is 6.18 Å². The second-order valence-corrected chi connectivity index (χ2v) is 4.36. The van der Waals surface area contributed by atoms with Crippen LogP contribution in [0.15, 0.2) is 48.5 Å². The number of ketones is 1. The molecule has 2 aromatic carbocycles. The molecule has 2 aromatic rings. The molecular formula is C17H11F3O2. The van der Waals surface area contributed by atoms with Crippen molar-refractivity contribution in [3.05, 3.63) is 65.2 Å². The number of alkyl halides is 3. The first-order valence-corrected chi connectivity index (χ1v) is 6.28. The van der Waals surface area contributed by atoms with Crippen molar-refractivity contribution in [3.63, 3.8) is 0 Å². The van der Waals surface area contributed by atoms with E-state index >= 15 is 0 Å². The molecule has 0 atom stereocenters. The number of benzene rings is 2. The highest BCUT2D eigenvalue weighted by Gasteiger charge is 2.30. The van der Waals surface area contributed by atoms with Crippen LogP contribution in [0.3, 0.4) is 0 Å². The Kier molecular flexibility index (Phi) is 4.52. The molecule has 22 heavy (non-hydrogen) atoms. The van der Waals surface area contributed by atoms with Crippen molar-refractivity contribution in [1.82, 2.24) is 0 Å². The Balaban J connectivity index is 2.29. The Bertz CT molecular complexity index is 752. The quantitative estimate of drug-likeness (QED) is 0.620. The van der Waals surface area contributed by atoms with Crippen molar-refractivity contribution >= 4 is 5.78 Å². The molecule has 2 rings (SSSR count). The zero-order valence-electron chi connectivity index (χ0n) is 11.6. The molecule has 0 fully saturated rings. The standard InChI is InChI=1S/C17H11F3O2/c1-22-16-8-3-2-7-14(16)15(21)10-9-12-5-4-6-13(11-12)17(18,19)20/h2-8,11H,1H3. The third kappa shape index (κ3) is 3.67. The highest BCUT2D eigenvalue weighted by Crippen LogP contribution is 2.29. The second kappa shape index (κ2) is 6.35. The highest BCUT2D eigenvalue weighted by molar-refractivity contribution is 6.11. The van der Waals surface area contributed by atoms with Crippen LogP contribution in [0.25, 0.3) is 0 Å². The average Bonchev–Trinajstić information content (AvgIpc) is 2.52. The van der Waals surface area contributed by atoms with Crippen molar-refractivity contribution in [2.24, 2.45) is 0 Å². The van der Waals surface area contributed by atoms with Crippen LogP contribution in [0, 0.1) is 11.8 Å². The van der Waals surface area contributed by atoms with Crippen molar-refractivity contribution in [3.8, 4) is 17.6 Å². The molecule has 0 saturated heterocycles. The van der Waals surface area contributed by atoms with Gasteiger partial charge in [-0.2, -0.15) is 13.2 Å². The molecule has 112 valence electrons. The Labute approximate surface area is 125 Å². The Morgan fingerprint density at radius 2 is 1.82 bits per heavy atom. The highest BCUT2D eigenvalue weighted by atomic mass is 19.4. The third-order valence-electron chi connectivity index (χ3n) is 2.86. The van der Waals surface area contributed by atoms with Crippen molar-refractivity contribution < 1.29 is 22.7 Å². The molecule has 0 aliphatic carbocycles. The third-order valence-corrected chi connectivity index (χ3v) is 2.86. The van der Waals surface area contributed by atoms with Gasteiger partial charge in [-0.15, -0.1) is 0 Å². The number of hydrogen-bond donors (Lipinski definition) is 0. The van der Waals surface area contributed by atoms with Crippen LogP contribution in [0.1, 0.15) is 21.5 Å². The van der Waals surface area contributed by atoms with E-state index in [9.17, 15) is 18.0 Å². The van der Waals surface area contributed by atoms with Crippen LogP contribution in [0.5, 0.6) is 5.75 Å². The van der Waals surface area contributed by atoms with Crippen LogP contribution in [-0.4, -0.2) is 12.9 Å². The Hall–Kier alpha value is -2.74. The number of para-hydroxylation sites is 1. The van der Waals surface area contributed by atoms with Crippen molar-refractivity contribution in [2.75, 3.05) is 7.11 Å². The fraction of sp³-hybridized carbons (Fsp3) is 0.118. The summed E-state index contributed by atoms with van der Waals surface area (Å²) < 4.78 is 42.8. The van der Waals surface area contributed by atoms with Gasteiger partial charge in [-0.1, -0.05) is 24.1 Å². The first kappa shape index (κ1) is 15.6. The fourth-order valence-corrected chi connectivity index (χ4v) is 1.80. The summed E-state index contributed by atoms with van der Waals surface area (Å²) in [5.41, 5.74) is -0.411. The summed E-state index contributed by atoms with van der Waals surface area (Å²) in [6.07, 6.45) is -4.44. The van der Waals surface area contributed by atoms with E-state index in [1.807, 2.05) is 0 Å². The van der Waals surface area contributed by atoms with E-state index in [0.717, 1.165) is 12.1 Å². The number of carbonyl (C=O) groups excluding carboxylic acids is 1. The van der Waals surface area contributed by atoms with E-state index in [4.69, 9.17) is 4.74 Å². The molecule has 5 heteroatoms. The fourth-order valence-electron chi connectivity index (χ4n) is 1.80. The molecule has 0 aliphatic heterocycles. The van der Waals surface area contributed by atoms with Gasteiger partial charge in [0, 0.05) is 5.56 Å².